The lowest BCUT2D eigenvalue weighted by atomic mass is 9.76. The van der Waals surface area contributed by atoms with Gasteiger partial charge in [-0.25, -0.2) is 0 Å². The van der Waals surface area contributed by atoms with Crippen LogP contribution in [0.25, 0.3) is 0 Å². The summed E-state index contributed by atoms with van der Waals surface area (Å²) in [7, 11) is 0. The second kappa shape index (κ2) is 3.01. The Morgan fingerprint density at radius 2 is 1.93 bits per heavy atom. The number of hydrogen-bond donors (Lipinski definition) is 1. The lowest BCUT2D eigenvalue weighted by Crippen LogP contribution is -2.29. The van der Waals surface area contributed by atoms with Crippen molar-refractivity contribution in [3.8, 4) is 0 Å². The molecular weight excluding hydrogens is 170 g/mol. The zero-order valence-corrected chi connectivity index (χ0v) is 9.57. The lowest BCUT2D eigenvalue weighted by molar-refractivity contribution is 0.479. The highest BCUT2D eigenvalue weighted by Gasteiger charge is 2.28. The van der Waals surface area contributed by atoms with Crippen LogP contribution in [-0.2, 0) is 5.41 Å². The van der Waals surface area contributed by atoms with E-state index in [0.29, 0.717) is 5.41 Å². The SMILES string of the molecule is Cc1cc(C)c2c(c1)NCCC2(C)C. The van der Waals surface area contributed by atoms with Gasteiger partial charge < -0.3 is 5.32 Å². The van der Waals surface area contributed by atoms with Gasteiger partial charge in [0, 0.05) is 12.2 Å². The van der Waals surface area contributed by atoms with Gasteiger partial charge in [0.15, 0.2) is 0 Å². The maximum absolute atomic E-state index is 3.50. The van der Waals surface area contributed by atoms with Crippen molar-refractivity contribution in [2.24, 2.45) is 0 Å². The van der Waals surface area contributed by atoms with Crippen LogP contribution in [0.5, 0.6) is 0 Å². The van der Waals surface area contributed by atoms with E-state index in [2.05, 4.69) is 45.1 Å². The van der Waals surface area contributed by atoms with Crippen molar-refractivity contribution in [3.63, 3.8) is 0 Å². The van der Waals surface area contributed by atoms with Gasteiger partial charge in [-0.1, -0.05) is 19.9 Å². The second-order valence-electron chi connectivity index (χ2n) is 5.07. The van der Waals surface area contributed by atoms with Crippen molar-refractivity contribution in [1.29, 1.82) is 0 Å². The van der Waals surface area contributed by atoms with Gasteiger partial charge in [0.2, 0.25) is 0 Å². The smallest absolute Gasteiger partial charge is 0.0383 e. The standard InChI is InChI=1S/C13H19N/c1-9-7-10(2)12-11(8-9)14-6-5-13(12,3)4/h7-8,14H,5-6H2,1-4H3. The Labute approximate surface area is 86.5 Å². The highest BCUT2D eigenvalue weighted by molar-refractivity contribution is 5.61. The van der Waals surface area contributed by atoms with Crippen LogP contribution in [0.4, 0.5) is 5.69 Å². The molecule has 1 heteroatoms. The van der Waals surface area contributed by atoms with E-state index in [-0.39, 0.29) is 0 Å². The fourth-order valence-electron chi connectivity index (χ4n) is 2.64. The van der Waals surface area contributed by atoms with E-state index < -0.39 is 0 Å². The van der Waals surface area contributed by atoms with Crippen molar-refractivity contribution in [2.75, 3.05) is 11.9 Å². The summed E-state index contributed by atoms with van der Waals surface area (Å²) < 4.78 is 0. The van der Waals surface area contributed by atoms with Gasteiger partial charge in [-0.15, -0.1) is 0 Å². The highest BCUT2D eigenvalue weighted by atomic mass is 14.9. The summed E-state index contributed by atoms with van der Waals surface area (Å²) in [6.07, 6.45) is 1.23. The average molecular weight is 189 g/mol. The van der Waals surface area contributed by atoms with Crippen LogP contribution in [-0.4, -0.2) is 6.54 Å². The van der Waals surface area contributed by atoms with E-state index in [1.807, 2.05) is 0 Å². The van der Waals surface area contributed by atoms with Crippen LogP contribution in [0.3, 0.4) is 0 Å². The van der Waals surface area contributed by atoms with E-state index in [9.17, 15) is 0 Å². The Balaban J connectivity index is 2.63. The number of aryl methyl sites for hydroxylation is 2. The number of anilines is 1. The van der Waals surface area contributed by atoms with E-state index in [1.165, 1.54) is 28.8 Å². The molecule has 1 aromatic rings. The molecule has 0 unspecified atom stereocenters. The summed E-state index contributed by atoms with van der Waals surface area (Å²) in [6, 6.07) is 4.55. The first-order chi connectivity index (χ1) is 6.50. The van der Waals surface area contributed by atoms with E-state index in [1.54, 1.807) is 0 Å². The van der Waals surface area contributed by atoms with Crippen LogP contribution < -0.4 is 5.32 Å². The zero-order valence-electron chi connectivity index (χ0n) is 9.57. The molecule has 1 aromatic carbocycles. The molecule has 0 aliphatic carbocycles. The normalized spacial score (nSPS) is 18.6. The molecule has 0 bridgehead atoms. The molecule has 1 heterocycles. The summed E-state index contributed by atoms with van der Waals surface area (Å²) in [5, 5.41) is 3.50. The predicted octanol–water partition coefficient (Wildman–Crippen LogP) is 3.40. The number of hydrogen-bond acceptors (Lipinski definition) is 1. The van der Waals surface area contributed by atoms with Crippen LogP contribution in [0.2, 0.25) is 0 Å². The Morgan fingerprint density at radius 1 is 1.21 bits per heavy atom. The molecule has 1 aliphatic heterocycles. The molecule has 0 atom stereocenters. The van der Waals surface area contributed by atoms with Crippen molar-refractivity contribution in [3.05, 3.63) is 28.8 Å². The molecule has 0 amide bonds. The van der Waals surface area contributed by atoms with Gasteiger partial charge >= 0.3 is 0 Å². The number of nitrogens with one attached hydrogen (secondary N) is 1. The Hall–Kier alpha value is -0.980. The molecule has 0 spiro atoms. The molecule has 1 aliphatic rings. The van der Waals surface area contributed by atoms with E-state index in [4.69, 9.17) is 0 Å². The van der Waals surface area contributed by atoms with Gasteiger partial charge in [-0.05, 0) is 48.4 Å². The molecular formula is C13H19N. The third-order valence-electron chi connectivity index (χ3n) is 3.22. The molecule has 0 aromatic heterocycles. The number of benzene rings is 1. The Morgan fingerprint density at radius 3 is 2.64 bits per heavy atom. The number of rotatable bonds is 0. The van der Waals surface area contributed by atoms with Crippen molar-refractivity contribution >= 4 is 5.69 Å². The summed E-state index contributed by atoms with van der Waals surface area (Å²) in [4.78, 5) is 0. The lowest BCUT2D eigenvalue weighted by Gasteiger charge is -2.35. The minimum atomic E-state index is 0.332. The first kappa shape index (κ1) is 9.57. The van der Waals surface area contributed by atoms with Crippen molar-refractivity contribution in [1.82, 2.24) is 0 Å². The molecule has 0 radical (unpaired) electrons. The van der Waals surface area contributed by atoms with Gasteiger partial charge in [0.1, 0.15) is 0 Å². The van der Waals surface area contributed by atoms with Crippen LogP contribution in [0.1, 0.15) is 37.0 Å². The van der Waals surface area contributed by atoms with Crippen LogP contribution in [0.15, 0.2) is 12.1 Å². The fourth-order valence-corrected chi connectivity index (χ4v) is 2.64. The maximum Gasteiger partial charge on any atom is 0.0383 e. The molecule has 0 saturated carbocycles. The predicted molar refractivity (Wildman–Crippen MR) is 62.0 cm³/mol. The average Bonchev–Trinajstić information content (AvgIpc) is 2.00. The summed E-state index contributed by atoms with van der Waals surface area (Å²) in [6.45, 7) is 10.2. The minimum Gasteiger partial charge on any atom is -0.385 e. The summed E-state index contributed by atoms with van der Waals surface area (Å²) >= 11 is 0. The third kappa shape index (κ3) is 1.41. The third-order valence-corrected chi connectivity index (χ3v) is 3.22. The van der Waals surface area contributed by atoms with Crippen molar-refractivity contribution < 1.29 is 0 Å². The molecule has 1 N–H and O–H groups in total. The first-order valence-corrected chi connectivity index (χ1v) is 5.36. The Kier molecular flexibility index (Phi) is 2.06. The van der Waals surface area contributed by atoms with Crippen molar-refractivity contribution in [2.45, 2.75) is 39.5 Å². The highest BCUT2D eigenvalue weighted by Crippen LogP contribution is 2.39. The van der Waals surface area contributed by atoms with Gasteiger partial charge in [-0.3, -0.25) is 0 Å². The zero-order chi connectivity index (χ0) is 10.3. The summed E-state index contributed by atoms with van der Waals surface area (Å²) in [5.41, 5.74) is 5.97. The maximum atomic E-state index is 3.50. The van der Waals surface area contributed by atoms with E-state index >= 15 is 0 Å². The van der Waals surface area contributed by atoms with Gasteiger partial charge in [0.25, 0.3) is 0 Å². The molecule has 2 rings (SSSR count). The topological polar surface area (TPSA) is 12.0 Å². The molecule has 0 fully saturated rings. The van der Waals surface area contributed by atoms with Gasteiger partial charge in [-0.2, -0.15) is 0 Å². The first-order valence-electron chi connectivity index (χ1n) is 5.36. The number of fused-ring (bicyclic) bond motifs is 1. The molecule has 14 heavy (non-hydrogen) atoms. The summed E-state index contributed by atoms with van der Waals surface area (Å²) in [5.74, 6) is 0. The molecule has 76 valence electrons. The van der Waals surface area contributed by atoms with E-state index in [0.717, 1.165) is 6.54 Å². The monoisotopic (exact) mass is 189 g/mol. The Bertz CT molecular complexity index is 364. The minimum absolute atomic E-state index is 0.332. The fraction of sp³-hybridized carbons (Fsp3) is 0.538. The second-order valence-corrected chi connectivity index (χ2v) is 5.07. The molecule has 1 nitrogen and oxygen atoms in total. The van der Waals surface area contributed by atoms with Gasteiger partial charge in [0.05, 0.1) is 0 Å². The van der Waals surface area contributed by atoms with Crippen LogP contribution >= 0.6 is 0 Å². The van der Waals surface area contributed by atoms with Crippen LogP contribution in [0, 0.1) is 13.8 Å². The molecule has 0 saturated heterocycles. The quantitative estimate of drug-likeness (QED) is 0.659. The largest absolute Gasteiger partial charge is 0.385 e.